The Balaban J connectivity index is 2.23. The average Bonchev–Trinajstić information content (AvgIpc) is 2.45. The maximum Gasteiger partial charge on any atom is 0.270 e. The van der Waals surface area contributed by atoms with Crippen LogP contribution >= 0.6 is 0 Å². The number of carbonyl (C=O) groups is 1. The van der Waals surface area contributed by atoms with Crippen LogP contribution in [-0.2, 0) is 4.74 Å². The van der Waals surface area contributed by atoms with E-state index < -0.39 is 5.60 Å². The SMILES string of the molecule is COC(C)(C)CNC(=O)c1cc(N)c2ccccc2n1. The number of anilines is 1. The van der Waals surface area contributed by atoms with Crippen molar-refractivity contribution in [2.45, 2.75) is 19.4 Å². The fourth-order valence-corrected chi connectivity index (χ4v) is 1.77. The highest BCUT2D eigenvalue weighted by Gasteiger charge is 2.18. The van der Waals surface area contributed by atoms with Gasteiger partial charge in [0.05, 0.1) is 11.1 Å². The summed E-state index contributed by atoms with van der Waals surface area (Å²) in [6.45, 7) is 4.20. The second kappa shape index (κ2) is 5.46. The predicted molar refractivity (Wildman–Crippen MR) is 79.6 cm³/mol. The first-order chi connectivity index (χ1) is 9.43. The van der Waals surface area contributed by atoms with Gasteiger partial charge < -0.3 is 15.8 Å². The summed E-state index contributed by atoms with van der Waals surface area (Å²) in [6.07, 6.45) is 0. The lowest BCUT2D eigenvalue weighted by Gasteiger charge is -2.23. The predicted octanol–water partition coefficient (Wildman–Crippen LogP) is 1.97. The third kappa shape index (κ3) is 3.05. The largest absolute Gasteiger partial charge is 0.398 e. The van der Waals surface area contributed by atoms with Crippen molar-refractivity contribution in [2.24, 2.45) is 0 Å². The number of amides is 1. The van der Waals surface area contributed by atoms with E-state index in [-0.39, 0.29) is 5.91 Å². The number of carbonyl (C=O) groups excluding carboxylic acids is 1. The molecule has 0 radical (unpaired) electrons. The van der Waals surface area contributed by atoms with Crippen LogP contribution in [0, 0.1) is 0 Å². The van der Waals surface area contributed by atoms with Gasteiger partial charge in [0.1, 0.15) is 5.69 Å². The summed E-state index contributed by atoms with van der Waals surface area (Å²) in [5.41, 5.74) is 7.11. The lowest BCUT2D eigenvalue weighted by Crippen LogP contribution is -2.40. The van der Waals surface area contributed by atoms with E-state index in [0.717, 1.165) is 5.39 Å². The minimum Gasteiger partial charge on any atom is -0.398 e. The molecule has 0 aliphatic rings. The number of nitrogens with one attached hydrogen (secondary N) is 1. The van der Waals surface area contributed by atoms with Gasteiger partial charge in [-0.3, -0.25) is 4.79 Å². The van der Waals surface area contributed by atoms with Crippen molar-refractivity contribution in [3.63, 3.8) is 0 Å². The Hall–Kier alpha value is -2.14. The van der Waals surface area contributed by atoms with Crippen molar-refractivity contribution in [2.75, 3.05) is 19.4 Å². The quantitative estimate of drug-likeness (QED) is 0.893. The number of nitrogens with zero attached hydrogens (tertiary/aromatic N) is 1. The lowest BCUT2D eigenvalue weighted by atomic mass is 10.1. The van der Waals surface area contributed by atoms with E-state index in [0.29, 0.717) is 23.4 Å². The molecule has 20 heavy (non-hydrogen) atoms. The molecule has 0 bridgehead atoms. The lowest BCUT2D eigenvalue weighted by molar-refractivity contribution is 0.0228. The number of hydrogen-bond donors (Lipinski definition) is 2. The number of hydrogen-bond acceptors (Lipinski definition) is 4. The third-order valence-electron chi connectivity index (χ3n) is 3.21. The highest BCUT2D eigenvalue weighted by atomic mass is 16.5. The van der Waals surface area contributed by atoms with Gasteiger partial charge in [-0.05, 0) is 26.0 Å². The molecule has 0 unspecified atom stereocenters. The van der Waals surface area contributed by atoms with Crippen LogP contribution in [-0.4, -0.2) is 30.1 Å². The molecule has 1 heterocycles. The van der Waals surface area contributed by atoms with E-state index in [1.54, 1.807) is 13.2 Å². The second-order valence-corrected chi connectivity index (χ2v) is 5.26. The number of rotatable bonds is 4. The summed E-state index contributed by atoms with van der Waals surface area (Å²) in [5, 5.41) is 3.65. The van der Waals surface area contributed by atoms with Crippen molar-refractivity contribution in [1.29, 1.82) is 0 Å². The number of methoxy groups -OCH3 is 1. The van der Waals surface area contributed by atoms with E-state index in [1.165, 1.54) is 0 Å². The average molecular weight is 273 g/mol. The summed E-state index contributed by atoms with van der Waals surface area (Å²) in [4.78, 5) is 16.4. The first-order valence-corrected chi connectivity index (χ1v) is 6.41. The first-order valence-electron chi connectivity index (χ1n) is 6.41. The maximum absolute atomic E-state index is 12.1. The molecule has 0 aliphatic heterocycles. The molecule has 3 N–H and O–H groups in total. The number of para-hydroxylation sites is 1. The van der Waals surface area contributed by atoms with Crippen molar-refractivity contribution in [1.82, 2.24) is 10.3 Å². The minimum absolute atomic E-state index is 0.257. The molecule has 0 aliphatic carbocycles. The molecule has 2 rings (SSSR count). The van der Waals surface area contributed by atoms with Crippen LogP contribution in [0.2, 0.25) is 0 Å². The Kier molecular flexibility index (Phi) is 3.90. The molecule has 2 aromatic rings. The molecule has 106 valence electrons. The van der Waals surface area contributed by atoms with Crippen molar-refractivity contribution >= 4 is 22.5 Å². The van der Waals surface area contributed by atoms with Gasteiger partial charge in [-0.15, -0.1) is 0 Å². The zero-order valence-corrected chi connectivity index (χ0v) is 11.9. The van der Waals surface area contributed by atoms with E-state index in [9.17, 15) is 4.79 Å². The standard InChI is InChI=1S/C15H19N3O2/c1-15(2,20-3)9-17-14(19)13-8-11(16)10-6-4-5-7-12(10)18-13/h4-8H,9H2,1-3H3,(H2,16,18)(H,17,19). The number of fused-ring (bicyclic) bond motifs is 1. The fourth-order valence-electron chi connectivity index (χ4n) is 1.77. The molecule has 0 fully saturated rings. The maximum atomic E-state index is 12.1. The second-order valence-electron chi connectivity index (χ2n) is 5.26. The van der Waals surface area contributed by atoms with Crippen LogP contribution in [0.3, 0.4) is 0 Å². The zero-order valence-electron chi connectivity index (χ0n) is 11.9. The van der Waals surface area contributed by atoms with Gasteiger partial charge in [-0.25, -0.2) is 4.98 Å². The summed E-state index contributed by atoms with van der Waals surface area (Å²) in [7, 11) is 1.61. The van der Waals surface area contributed by atoms with Gasteiger partial charge in [0, 0.05) is 24.7 Å². The van der Waals surface area contributed by atoms with Gasteiger partial charge in [-0.2, -0.15) is 0 Å². The molecule has 1 amide bonds. The number of nitrogens with two attached hydrogens (primary N) is 1. The number of ether oxygens (including phenoxy) is 1. The Bertz CT molecular complexity index is 638. The van der Waals surface area contributed by atoms with Gasteiger partial charge in [-0.1, -0.05) is 18.2 Å². The van der Waals surface area contributed by atoms with Crippen LogP contribution in [0.4, 0.5) is 5.69 Å². The summed E-state index contributed by atoms with van der Waals surface area (Å²) >= 11 is 0. The number of pyridine rings is 1. The van der Waals surface area contributed by atoms with Crippen molar-refractivity contribution in [3.8, 4) is 0 Å². The number of benzene rings is 1. The minimum atomic E-state index is -0.419. The number of aromatic nitrogens is 1. The van der Waals surface area contributed by atoms with Crippen LogP contribution in [0.5, 0.6) is 0 Å². The Morgan fingerprint density at radius 1 is 1.40 bits per heavy atom. The van der Waals surface area contributed by atoms with Gasteiger partial charge in [0.2, 0.25) is 0 Å². The van der Waals surface area contributed by atoms with Gasteiger partial charge >= 0.3 is 0 Å². The first kappa shape index (κ1) is 14.3. The van der Waals surface area contributed by atoms with Crippen molar-refractivity contribution in [3.05, 3.63) is 36.0 Å². The smallest absolute Gasteiger partial charge is 0.270 e. The Labute approximate surface area is 118 Å². The third-order valence-corrected chi connectivity index (χ3v) is 3.21. The van der Waals surface area contributed by atoms with Crippen LogP contribution < -0.4 is 11.1 Å². The molecular weight excluding hydrogens is 254 g/mol. The molecule has 0 saturated heterocycles. The van der Waals surface area contributed by atoms with E-state index in [1.807, 2.05) is 38.1 Å². The molecule has 0 spiro atoms. The molecule has 1 aromatic heterocycles. The van der Waals surface area contributed by atoms with E-state index >= 15 is 0 Å². The molecule has 0 atom stereocenters. The molecule has 1 aromatic carbocycles. The Morgan fingerprint density at radius 2 is 2.10 bits per heavy atom. The van der Waals surface area contributed by atoms with Crippen molar-refractivity contribution < 1.29 is 9.53 Å². The van der Waals surface area contributed by atoms with Crippen LogP contribution in [0.1, 0.15) is 24.3 Å². The van der Waals surface area contributed by atoms with Crippen LogP contribution in [0.15, 0.2) is 30.3 Å². The van der Waals surface area contributed by atoms with E-state index in [2.05, 4.69) is 10.3 Å². The zero-order chi connectivity index (χ0) is 14.8. The van der Waals surface area contributed by atoms with Crippen LogP contribution in [0.25, 0.3) is 10.9 Å². The highest BCUT2D eigenvalue weighted by Crippen LogP contribution is 2.20. The summed E-state index contributed by atoms with van der Waals surface area (Å²) in [5.74, 6) is -0.257. The normalized spacial score (nSPS) is 11.6. The summed E-state index contributed by atoms with van der Waals surface area (Å²) in [6, 6.07) is 9.07. The van der Waals surface area contributed by atoms with Gasteiger partial charge in [0.25, 0.3) is 5.91 Å². The monoisotopic (exact) mass is 273 g/mol. The molecule has 5 heteroatoms. The Morgan fingerprint density at radius 3 is 2.80 bits per heavy atom. The highest BCUT2D eigenvalue weighted by molar-refractivity contribution is 5.99. The topological polar surface area (TPSA) is 77.2 Å². The number of nitrogen functional groups attached to an aromatic ring is 1. The fraction of sp³-hybridized carbons (Fsp3) is 0.333. The molecular formula is C15H19N3O2. The summed E-state index contributed by atoms with van der Waals surface area (Å²) < 4.78 is 5.26. The molecule has 0 saturated carbocycles. The van der Waals surface area contributed by atoms with Gasteiger partial charge in [0.15, 0.2) is 0 Å². The molecule has 5 nitrogen and oxygen atoms in total. The van der Waals surface area contributed by atoms with E-state index in [4.69, 9.17) is 10.5 Å².